The van der Waals surface area contributed by atoms with Crippen LogP contribution in [-0.2, 0) is 28.6 Å². The quantitative estimate of drug-likeness (QED) is 0.182. The molecule has 4 rings (SSSR count). The van der Waals surface area contributed by atoms with E-state index in [0.29, 0.717) is 17.6 Å². The van der Waals surface area contributed by atoms with Crippen LogP contribution in [0.1, 0.15) is 76.9 Å². The number of hydrogen-bond donors (Lipinski definition) is 0. The molecule has 1 spiro atoms. The first-order valence-electron chi connectivity index (χ1n) is 13.5. The van der Waals surface area contributed by atoms with Crippen LogP contribution in [0.4, 0.5) is 0 Å². The largest absolute Gasteiger partial charge is 0.335 e. The van der Waals surface area contributed by atoms with Crippen molar-refractivity contribution in [2.45, 2.75) is 90.1 Å². The number of thiophene rings is 1. The van der Waals surface area contributed by atoms with E-state index in [9.17, 15) is 18.0 Å². The fourth-order valence-electron chi connectivity index (χ4n) is 5.36. The maximum atomic E-state index is 13.1. The van der Waals surface area contributed by atoms with Gasteiger partial charge < -0.3 is 9.47 Å². The molecule has 3 heterocycles. The predicted octanol–water partition coefficient (Wildman–Crippen LogP) is 6.64. The summed E-state index contributed by atoms with van der Waals surface area (Å²) in [5.41, 5.74) is 4.82. The molecule has 9 heteroatoms. The lowest BCUT2D eigenvalue weighted by molar-refractivity contribution is -0.224. The van der Waals surface area contributed by atoms with Crippen LogP contribution >= 0.6 is 11.3 Å². The number of hydrogen-bond acceptors (Lipinski definition) is 8. The molecule has 0 unspecified atom stereocenters. The molecule has 1 aromatic rings. The Labute approximate surface area is 241 Å². The third kappa shape index (κ3) is 7.06. The standard InChI is InChI=1S/C31H38O7S2/c1-19(2)8-7-9-20(3)12-25-13-21(4)16-31(37-25)17-24(26-15-27(33)22(5)14-28(26)38-31)18-36-40(34,35)29-10-11-39-30(29)23(6)32/h8,10-12,14,16-17,25-26,28H,7,9,13,15,18H2,1-6H3/b20-12+/t25-,26-,28-,31+/m1/s1. The summed E-state index contributed by atoms with van der Waals surface area (Å²) in [7, 11) is -4.21. The van der Waals surface area contributed by atoms with Crippen LogP contribution < -0.4 is 0 Å². The van der Waals surface area contributed by atoms with Gasteiger partial charge in [0.25, 0.3) is 10.1 Å². The molecular formula is C31H38O7S2. The van der Waals surface area contributed by atoms with Gasteiger partial charge in [-0.25, -0.2) is 0 Å². The van der Waals surface area contributed by atoms with E-state index in [1.54, 1.807) is 24.5 Å². The Bertz CT molecular complexity index is 1430. The Balaban J connectivity index is 1.64. The molecule has 0 N–H and O–H groups in total. The van der Waals surface area contributed by atoms with Crippen LogP contribution in [0.5, 0.6) is 0 Å². The Morgan fingerprint density at radius 2 is 1.90 bits per heavy atom. The zero-order chi connectivity index (χ0) is 29.2. The van der Waals surface area contributed by atoms with Gasteiger partial charge in [-0.15, -0.1) is 11.3 Å². The number of carbonyl (C=O) groups excluding carboxylic acids is 2. The number of ketones is 2. The summed E-state index contributed by atoms with van der Waals surface area (Å²) in [4.78, 5) is 24.6. The van der Waals surface area contributed by atoms with Crippen LogP contribution in [0.3, 0.4) is 0 Å². The number of rotatable bonds is 9. The zero-order valence-electron chi connectivity index (χ0n) is 24.0. The van der Waals surface area contributed by atoms with Gasteiger partial charge in [-0.1, -0.05) is 28.9 Å². The van der Waals surface area contributed by atoms with E-state index in [4.69, 9.17) is 13.7 Å². The van der Waals surface area contributed by atoms with E-state index >= 15 is 0 Å². The van der Waals surface area contributed by atoms with E-state index in [1.807, 2.05) is 13.0 Å². The van der Waals surface area contributed by atoms with E-state index in [0.717, 1.165) is 29.8 Å². The average Bonchev–Trinajstić information content (AvgIpc) is 3.35. The molecular weight excluding hydrogens is 548 g/mol. The van der Waals surface area contributed by atoms with Crippen molar-refractivity contribution in [3.63, 3.8) is 0 Å². The van der Waals surface area contributed by atoms with Crippen LogP contribution in [0.2, 0.25) is 0 Å². The maximum Gasteiger partial charge on any atom is 0.298 e. The summed E-state index contributed by atoms with van der Waals surface area (Å²) in [6.45, 7) is 11.1. The molecule has 0 bridgehead atoms. The highest BCUT2D eigenvalue weighted by Gasteiger charge is 2.46. The van der Waals surface area contributed by atoms with Gasteiger partial charge >= 0.3 is 0 Å². The van der Waals surface area contributed by atoms with E-state index < -0.39 is 22.0 Å². The van der Waals surface area contributed by atoms with Gasteiger partial charge in [0.05, 0.1) is 23.7 Å². The third-order valence-corrected chi connectivity index (χ3v) is 9.76. The lowest BCUT2D eigenvalue weighted by Crippen LogP contribution is -2.49. The first-order valence-corrected chi connectivity index (χ1v) is 15.8. The molecule has 4 atom stereocenters. The van der Waals surface area contributed by atoms with Gasteiger partial charge in [0.15, 0.2) is 11.6 Å². The second-order valence-electron chi connectivity index (χ2n) is 11.2. The average molecular weight is 587 g/mol. The fourth-order valence-corrected chi connectivity index (χ4v) is 7.61. The molecule has 2 aliphatic heterocycles. The van der Waals surface area contributed by atoms with Gasteiger partial charge in [0, 0.05) is 12.3 Å². The Hall–Kier alpha value is -2.43. The van der Waals surface area contributed by atoms with E-state index in [2.05, 4.69) is 32.9 Å². The van der Waals surface area contributed by atoms with Crippen molar-refractivity contribution < 1.29 is 31.7 Å². The first-order chi connectivity index (χ1) is 18.8. The monoisotopic (exact) mass is 586 g/mol. The van der Waals surface area contributed by atoms with Crippen LogP contribution in [0.25, 0.3) is 0 Å². The van der Waals surface area contributed by atoms with Crippen molar-refractivity contribution in [2.24, 2.45) is 5.92 Å². The molecule has 0 aromatic carbocycles. The van der Waals surface area contributed by atoms with Gasteiger partial charge in [0.1, 0.15) is 4.90 Å². The number of allylic oxidation sites excluding steroid dienone is 4. The Morgan fingerprint density at radius 3 is 2.60 bits per heavy atom. The van der Waals surface area contributed by atoms with E-state index in [-0.39, 0.29) is 46.4 Å². The number of carbonyl (C=O) groups is 2. The van der Waals surface area contributed by atoms with Gasteiger partial charge in [0.2, 0.25) is 5.79 Å². The van der Waals surface area contributed by atoms with E-state index in [1.165, 1.54) is 24.1 Å². The van der Waals surface area contributed by atoms with Gasteiger partial charge in [-0.3, -0.25) is 13.8 Å². The first kappa shape index (κ1) is 30.5. The summed E-state index contributed by atoms with van der Waals surface area (Å²) >= 11 is 1.06. The lowest BCUT2D eigenvalue weighted by atomic mass is 9.79. The molecule has 216 valence electrons. The second-order valence-corrected chi connectivity index (χ2v) is 13.7. The van der Waals surface area contributed by atoms with Crippen molar-refractivity contribution >= 4 is 33.0 Å². The van der Waals surface area contributed by atoms with Crippen LogP contribution in [0.15, 0.2) is 74.6 Å². The SMILES string of the molecule is CC(=O)c1sccc1S(=O)(=O)OCC1=C[C@]2(C=C(C)C[C@@H](/C=C(\C)CCC=C(C)C)O2)O[C@@H]2C=C(C)C(=O)C[C@H]12. The topological polar surface area (TPSA) is 96.0 Å². The minimum absolute atomic E-state index is 0.0182. The Kier molecular flexibility index (Phi) is 9.31. The molecule has 7 nitrogen and oxygen atoms in total. The van der Waals surface area contributed by atoms with Crippen LogP contribution in [0, 0.1) is 5.92 Å². The normalized spacial score (nSPS) is 27.1. The smallest absolute Gasteiger partial charge is 0.298 e. The van der Waals surface area contributed by atoms with Gasteiger partial charge in [-0.2, -0.15) is 8.42 Å². The van der Waals surface area contributed by atoms with Crippen molar-refractivity contribution in [3.8, 4) is 0 Å². The minimum Gasteiger partial charge on any atom is -0.335 e. The summed E-state index contributed by atoms with van der Waals surface area (Å²) in [5, 5.41) is 1.55. The molecule has 0 radical (unpaired) electrons. The highest BCUT2D eigenvalue weighted by molar-refractivity contribution is 7.87. The fraction of sp³-hybridized carbons (Fsp3) is 0.484. The number of Topliss-reactive ketones (excluding diaryl/α,β-unsaturated/α-hetero) is 2. The zero-order valence-corrected chi connectivity index (χ0v) is 25.6. The summed E-state index contributed by atoms with van der Waals surface area (Å²) in [5.74, 6) is -1.97. The number of ether oxygens (including phenoxy) is 2. The van der Waals surface area contributed by atoms with Crippen molar-refractivity contribution in [3.05, 3.63) is 74.6 Å². The third-order valence-electron chi connectivity index (χ3n) is 7.31. The van der Waals surface area contributed by atoms with Crippen LogP contribution in [-0.4, -0.2) is 44.6 Å². The molecule has 40 heavy (non-hydrogen) atoms. The highest BCUT2D eigenvalue weighted by Crippen LogP contribution is 2.43. The predicted molar refractivity (Wildman–Crippen MR) is 156 cm³/mol. The molecule has 0 amide bonds. The molecule has 1 aromatic heterocycles. The second kappa shape index (κ2) is 12.2. The van der Waals surface area contributed by atoms with Crippen molar-refractivity contribution in [2.75, 3.05) is 6.61 Å². The summed E-state index contributed by atoms with van der Waals surface area (Å²) in [6.07, 6.45) is 11.9. The lowest BCUT2D eigenvalue weighted by Gasteiger charge is -2.45. The minimum atomic E-state index is -4.21. The summed E-state index contributed by atoms with van der Waals surface area (Å²) in [6, 6.07) is 1.38. The van der Waals surface area contributed by atoms with Crippen molar-refractivity contribution in [1.29, 1.82) is 0 Å². The molecule has 0 fully saturated rings. The molecule has 0 saturated heterocycles. The molecule has 3 aliphatic rings. The molecule has 1 aliphatic carbocycles. The van der Waals surface area contributed by atoms with Crippen molar-refractivity contribution in [1.82, 2.24) is 0 Å². The van der Waals surface area contributed by atoms with Gasteiger partial charge in [-0.05, 0) is 102 Å². The highest BCUT2D eigenvalue weighted by atomic mass is 32.2. The Morgan fingerprint density at radius 1 is 1.15 bits per heavy atom. The maximum absolute atomic E-state index is 13.1. The summed E-state index contributed by atoms with van der Waals surface area (Å²) < 4.78 is 44.8. The molecule has 0 saturated carbocycles. The number of fused-ring (bicyclic) bond motifs is 1.